The number of piperidine rings is 1. The molecule has 4 heteroatoms. The van der Waals surface area contributed by atoms with Crippen LogP contribution in [0.15, 0.2) is 0 Å². The van der Waals surface area contributed by atoms with Crippen LogP contribution in [-0.4, -0.2) is 19.0 Å². The van der Waals surface area contributed by atoms with Gasteiger partial charge in [0.25, 0.3) is 5.92 Å². The molecule has 0 bridgehead atoms. The quantitative estimate of drug-likeness (QED) is 0.720. The summed E-state index contributed by atoms with van der Waals surface area (Å²) in [5.41, 5.74) is -0.491. The van der Waals surface area contributed by atoms with E-state index in [2.05, 4.69) is 5.32 Å². The number of halogens is 3. The summed E-state index contributed by atoms with van der Waals surface area (Å²) in [7, 11) is 0. The zero-order chi connectivity index (χ0) is 9.10. The molecule has 3 rings (SSSR count). The molecule has 3 aliphatic rings. The third-order valence-electron chi connectivity index (χ3n) is 4.21. The van der Waals surface area contributed by atoms with E-state index in [0.29, 0.717) is 5.92 Å². The zero-order valence-corrected chi connectivity index (χ0v) is 8.88. The van der Waals surface area contributed by atoms with Crippen molar-refractivity contribution in [3.8, 4) is 0 Å². The lowest BCUT2D eigenvalue weighted by Crippen LogP contribution is -2.29. The van der Waals surface area contributed by atoms with E-state index >= 15 is 0 Å². The van der Waals surface area contributed by atoms with Gasteiger partial charge in [0.15, 0.2) is 0 Å². The third kappa shape index (κ3) is 1.15. The highest BCUT2D eigenvalue weighted by Crippen LogP contribution is 2.82. The molecular weight excluding hydrogens is 208 g/mol. The number of rotatable bonds is 1. The molecule has 2 saturated carbocycles. The van der Waals surface area contributed by atoms with E-state index in [0.717, 1.165) is 38.8 Å². The fourth-order valence-electron chi connectivity index (χ4n) is 3.24. The van der Waals surface area contributed by atoms with Crippen LogP contribution in [0.5, 0.6) is 0 Å². The van der Waals surface area contributed by atoms with Crippen LogP contribution in [0.4, 0.5) is 8.78 Å². The maximum Gasteiger partial charge on any atom is 0.257 e. The summed E-state index contributed by atoms with van der Waals surface area (Å²) >= 11 is 0. The normalized spacial score (nSPS) is 37.7. The molecule has 1 aliphatic heterocycles. The van der Waals surface area contributed by atoms with Crippen molar-refractivity contribution in [1.82, 2.24) is 5.32 Å². The highest BCUT2D eigenvalue weighted by atomic mass is 35.5. The Morgan fingerprint density at radius 2 is 1.64 bits per heavy atom. The molecule has 1 saturated heterocycles. The Bertz CT molecular complexity index is 230. The smallest absolute Gasteiger partial charge is 0.257 e. The SMILES string of the molecule is Cl.FC1(F)C(C2CCNCC2)C12CC2. The maximum absolute atomic E-state index is 13.4. The molecule has 1 nitrogen and oxygen atoms in total. The van der Waals surface area contributed by atoms with Gasteiger partial charge in [-0.2, -0.15) is 0 Å². The van der Waals surface area contributed by atoms with Crippen molar-refractivity contribution in [2.75, 3.05) is 13.1 Å². The average Bonchev–Trinajstić information content (AvgIpc) is 2.95. The number of hydrogen-bond acceptors (Lipinski definition) is 1. The Morgan fingerprint density at radius 1 is 1.07 bits per heavy atom. The Labute approximate surface area is 89.0 Å². The summed E-state index contributed by atoms with van der Waals surface area (Å²) in [4.78, 5) is 0. The lowest BCUT2D eigenvalue weighted by atomic mass is 9.91. The molecule has 1 heterocycles. The molecule has 0 radical (unpaired) electrons. The van der Waals surface area contributed by atoms with Gasteiger partial charge in [0.05, 0.1) is 0 Å². The summed E-state index contributed by atoms with van der Waals surface area (Å²) in [6.45, 7) is 1.88. The van der Waals surface area contributed by atoms with E-state index in [1.165, 1.54) is 0 Å². The molecule has 0 amide bonds. The summed E-state index contributed by atoms with van der Waals surface area (Å²) in [5.74, 6) is -2.24. The standard InChI is InChI=1S/C10H15F2N.ClH/c11-10(12)8(9(10)3-4-9)7-1-5-13-6-2-7;/h7-8,13H,1-6H2;1H. The molecule has 1 atom stereocenters. The first-order valence-electron chi connectivity index (χ1n) is 5.27. The molecule has 14 heavy (non-hydrogen) atoms. The summed E-state index contributed by atoms with van der Waals surface area (Å²) in [6, 6.07) is 0. The molecule has 1 spiro atoms. The molecule has 3 fully saturated rings. The van der Waals surface area contributed by atoms with Crippen LogP contribution >= 0.6 is 12.4 Å². The summed E-state index contributed by atoms with van der Waals surface area (Å²) < 4.78 is 26.8. The van der Waals surface area contributed by atoms with Crippen LogP contribution < -0.4 is 5.32 Å². The van der Waals surface area contributed by atoms with E-state index in [4.69, 9.17) is 0 Å². The molecule has 0 aromatic heterocycles. The summed E-state index contributed by atoms with van der Waals surface area (Å²) in [6.07, 6.45) is 3.49. The first kappa shape index (κ1) is 10.6. The zero-order valence-electron chi connectivity index (χ0n) is 8.06. The molecule has 1 N–H and O–H groups in total. The van der Waals surface area contributed by atoms with Crippen LogP contribution in [0.25, 0.3) is 0 Å². The molecule has 2 aliphatic carbocycles. The Kier molecular flexibility index (Phi) is 2.31. The lowest BCUT2D eigenvalue weighted by molar-refractivity contribution is 0.0668. The van der Waals surface area contributed by atoms with E-state index in [-0.39, 0.29) is 18.3 Å². The van der Waals surface area contributed by atoms with E-state index in [1.807, 2.05) is 0 Å². The largest absolute Gasteiger partial charge is 0.317 e. The van der Waals surface area contributed by atoms with Crippen molar-refractivity contribution in [2.45, 2.75) is 31.6 Å². The van der Waals surface area contributed by atoms with Gasteiger partial charge in [-0.3, -0.25) is 0 Å². The molecule has 0 aromatic carbocycles. The monoisotopic (exact) mass is 223 g/mol. The third-order valence-corrected chi connectivity index (χ3v) is 4.21. The van der Waals surface area contributed by atoms with Crippen LogP contribution in [0.2, 0.25) is 0 Å². The maximum atomic E-state index is 13.4. The lowest BCUT2D eigenvalue weighted by Gasteiger charge is -2.22. The second-order valence-electron chi connectivity index (χ2n) is 4.84. The van der Waals surface area contributed by atoms with Crippen LogP contribution in [0.3, 0.4) is 0 Å². The Hall–Kier alpha value is 0.110. The fourth-order valence-corrected chi connectivity index (χ4v) is 3.24. The highest BCUT2D eigenvalue weighted by molar-refractivity contribution is 5.85. The van der Waals surface area contributed by atoms with Crippen molar-refractivity contribution < 1.29 is 8.78 Å². The Morgan fingerprint density at radius 3 is 2.07 bits per heavy atom. The predicted molar refractivity (Wildman–Crippen MR) is 52.9 cm³/mol. The number of hydrogen-bond donors (Lipinski definition) is 1. The minimum absolute atomic E-state index is 0. The van der Waals surface area contributed by atoms with Gasteiger partial charge >= 0.3 is 0 Å². The first-order chi connectivity index (χ1) is 6.18. The number of nitrogens with one attached hydrogen (secondary N) is 1. The average molecular weight is 224 g/mol. The topological polar surface area (TPSA) is 12.0 Å². The van der Waals surface area contributed by atoms with Crippen LogP contribution in [0, 0.1) is 17.3 Å². The van der Waals surface area contributed by atoms with Gasteiger partial charge in [0.1, 0.15) is 0 Å². The van der Waals surface area contributed by atoms with Gasteiger partial charge in [-0.25, -0.2) is 8.78 Å². The first-order valence-corrected chi connectivity index (χ1v) is 5.27. The molecule has 82 valence electrons. The second-order valence-corrected chi connectivity index (χ2v) is 4.84. The van der Waals surface area contributed by atoms with Gasteiger partial charge in [0, 0.05) is 11.3 Å². The fraction of sp³-hybridized carbons (Fsp3) is 1.00. The van der Waals surface area contributed by atoms with E-state index in [9.17, 15) is 8.78 Å². The van der Waals surface area contributed by atoms with Crippen molar-refractivity contribution in [3.63, 3.8) is 0 Å². The number of alkyl halides is 2. The van der Waals surface area contributed by atoms with Gasteiger partial charge in [0.2, 0.25) is 0 Å². The van der Waals surface area contributed by atoms with Crippen molar-refractivity contribution in [3.05, 3.63) is 0 Å². The molecule has 1 unspecified atom stereocenters. The van der Waals surface area contributed by atoms with E-state index in [1.54, 1.807) is 0 Å². The van der Waals surface area contributed by atoms with E-state index < -0.39 is 11.3 Å². The van der Waals surface area contributed by atoms with Gasteiger partial charge in [-0.15, -0.1) is 12.4 Å². The van der Waals surface area contributed by atoms with Crippen molar-refractivity contribution in [2.24, 2.45) is 17.3 Å². The van der Waals surface area contributed by atoms with Crippen molar-refractivity contribution in [1.29, 1.82) is 0 Å². The van der Waals surface area contributed by atoms with Gasteiger partial charge in [-0.05, 0) is 44.7 Å². The predicted octanol–water partition coefficient (Wildman–Crippen LogP) is 2.45. The minimum Gasteiger partial charge on any atom is -0.317 e. The van der Waals surface area contributed by atoms with Crippen molar-refractivity contribution >= 4 is 12.4 Å². The summed E-state index contributed by atoms with van der Waals surface area (Å²) in [5, 5.41) is 3.23. The Balaban J connectivity index is 0.000000750. The second kappa shape index (κ2) is 3.05. The van der Waals surface area contributed by atoms with Crippen LogP contribution in [0.1, 0.15) is 25.7 Å². The molecular formula is C10H16ClF2N. The minimum atomic E-state index is -2.30. The van der Waals surface area contributed by atoms with Gasteiger partial charge in [-0.1, -0.05) is 0 Å². The molecule has 0 aromatic rings. The van der Waals surface area contributed by atoms with Crippen LogP contribution in [-0.2, 0) is 0 Å². The van der Waals surface area contributed by atoms with Gasteiger partial charge < -0.3 is 5.32 Å². The highest BCUT2D eigenvalue weighted by Gasteiger charge is 2.86.